The van der Waals surface area contributed by atoms with Crippen molar-refractivity contribution < 1.29 is 14.6 Å². The lowest BCUT2D eigenvalue weighted by atomic mass is 10.2. The fourth-order valence-corrected chi connectivity index (χ4v) is 2.00. The average molecular weight is 269 g/mol. The van der Waals surface area contributed by atoms with Gasteiger partial charge in [0.2, 0.25) is 5.88 Å². The number of fused-ring (bicyclic) bond motifs is 1. The van der Waals surface area contributed by atoms with Crippen molar-refractivity contribution in [3.63, 3.8) is 0 Å². The SMILES string of the molecule is COc1ncccc1-c1nc2ccc(C(=O)O)cc2[nH]1. The van der Waals surface area contributed by atoms with Crippen molar-refractivity contribution in [2.24, 2.45) is 0 Å². The summed E-state index contributed by atoms with van der Waals surface area (Å²) in [5, 5.41) is 8.99. The number of H-pyrrole nitrogens is 1. The van der Waals surface area contributed by atoms with Gasteiger partial charge in [-0.05, 0) is 30.3 Å². The minimum atomic E-state index is -0.970. The van der Waals surface area contributed by atoms with Crippen LogP contribution < -0.4 is 4.74 Å². The van der Waals surface area contributed by atoms with Gasteiger partial charge in [0.25, 0.3) is 0 Å². The number of carbonyl (C=O) groups is 1. The van der Waals surface area contributed by atoms with Crippen LogP contribution >= 0.6 is 0 Å². The maximum absolute atomic E-state index is 11.0. The summed E-state index contributed by atoms with van der Waals surface area (Å²) in [5.74, 6) is 0.0829. The molecule has 6 nitrogen and oxygen atoms in total. The Labute approximate surface area is 114 Å². The third kappa shape index (κ3) is 1.97. The highest BCUT2D eigenvalue weighted by Gasteiger charge is 2.12. The standard InChI is InChI=1S/C14H11N3O3/c1-20-13-9(3-2-6-15-13)12-16-10-5-4-8(14(18)19)7-11(10)17-12/h2-7H,1H3,(H,16,17)(H,18,19). The first-order valence-electron chi connectivity index (χ1n) is 5.91. The van der Waals surface area contributed by atoms with Gasteiger partial charge in [0, 0.05) is 6.20 Å². The summed E-state index contributed by atoms with van der Waals surface area (Å²) in [6, 6.07) is 8.36. The summed E-state index contributed by atoms with van der Waals surface area (Å²) in [6.07, 6.45) is 1.63. The van der Waals surface area contributed by atoms with Crippen molar-refractivity contribution in [1.82, 2.24) is 15.0 Å². The zero-order valence-electron chi connectivity index (χ0n) is 10.6. The first kappa shape index (κ1) is 12.2. The molecule has 0 atom stereocenters. The highest BCUT2D eigenvalue weighted by atomic mass is 16.5. The molecule has 100 valence electrons. The molecule has 0 aliphatic heterocycles. The van der Waals surface area contributed by atoms with E-state index in [-0.39, 0.29) is 5.56 Å². The van der Waals surface area contributed by atoms with Gasteiger partial charge < -0.3 is 14.8 Å². The van der Waals surface area contributed by atoms with Crippen LogP contribution in [-0.2, 0) is 0 Å². The van der Waals surface area contributed by atoms with E-state index in [1.165, 1.54) is 13.2 Å². The lowest BCUT2D eigenvalue weighted by molar-refractivity contribution is 0.0697. The summed E-state index contributed by atoms with van der Waals surface area (Å²) in [5.41, 5.74) is 2.29. The molecule has 1 aromatic carbocycles. The molecule has 3 aromatic rings. The fourth-order valence-electron chi connectivity index (χ4n) is 2.00. The van der Waals surface area contributed by atoms with E-state index in [0.717, 1.165) is 5.56 Å². The maximum Gasteiger partial charge on any atom is 0.335 e. The number of carboxylic acid groups (broad SMARTS) is 1. The number of nitrogens with zero attached hydrogens (tertiary/aromatic N) is 2. The van der Waals surface area contributed by atoms with E-state index in [0.29, 0.717) is 22.7 Å². The number of benzene rings is 1. The fraction of sp³-hybridized carbons (Fsp3) is 0.0714. The number of nitrogens with one attached hydrogen (secondary N) is 1. The van der Waals surface area contributed by atoms with Crippen molar-refractivity contribution in [2.75, 3.05) is 7.11 Å². The minimum absolute atomic E-state index is 0.214. The largest absolute Gasteiger partial charge is 0.480 e. The number of rotatable bonds is 3. The molecule has 0 unspecified atom stereocenters. The molecule has 6 heteroatoms. The number of hydrogen-bond donors (Lipinski definition) is 2. The van der Waals surface area contributed by atoms with Crippen LogP contribution in [0.4, 0.5) is 0 Å². The highest BCUT2D eigenvalue weighted by Crippen LogP contribution is 2.27. The Kier molecular flexibility index (Phi) is 2.83. The first-order chi connectivity index (χ1) is 9.69. The molecule has 2 N–H and O–H groups in total. The normalized spacial score (nSPS) is 10.7. The lowest BCUT2D eigenvalue weighted by Crippen LogP contribution is -1.94. The highest BCUT2D eigenvalue weighted by molar-refractivity contribution is 5.93. The zero-order valence-corrected chi connectivity index (χ0v) is 10.6. The van der Waals surface area contributed by atoms with E-state index in [1.807, 2.05) is 6.07 Å². The summed E-state index contributed by atoms with van der Waals surface area (Å²) in [6.45, 7) is 0. The molecule has 0 aliphatic rings. The van der Waals surface area contributed by atoms with Crippen molar-refractivity contribution in [3.8, 4) is 17.3 Å². The molecule has 3 rings (SSSR count). The topological polar surface area (TPSA) is 88.1 Å². The molecule has 0 fully saturated rings. The van der Waals surface area contributed by atoms with E-state index in [9.17, 15) is 4.79 Å². The van der Waals surface area contributed by atoms with Crippen molar-refractivity contribution in [1.29, 1.82) is 0 Å². The van der Waals surface area contributed by atoms with Gasteiger partial charge in [-0.15, -0.1) is 0 Å². The van der Waals surface area contributed by atoms with Crippen molar-refractivity contribution in [3.05, 3.63) is 42.1 Å². The number of methoxy groups -OCH3 is 1. The number of hydrogen-bond acceptors (Lipinski definition) is 4. The second-order valence-corrected chi connectivity index (χ2v) is 4.18. The minimum Gasteiger partial charge on any atom is -0.480 e. The van der Waals surface area contributed by atoms with E-state index in [2.05, 4.69) is 15.0 Å². The lowest BCUT2D eigenvalue weighted by Gasteiger charge is -2.03. The number of ether oxygens (including phenoxy) is 1. The molecular formula is C14H11N3O3. The summed E-state index contributed by atoms with van der Waals surface area (Å²) < 4.78 is 5.19. The number of aromatic nitrogens is 3. The van der Waals surface area contributed by atoms with Crippen LogP contribution in [0.25, 0.3) is 22.4 Å². The van der Waals surface area contributed by atoms with Crippen LogP contribution in [0.1, 0.15) is 10.4 Å². The Morgan fingerprint density at radius 3 is 2.95 bits per heavy atom. The first-order valence-corrected chi connectivity index (χ1v) is 5.91. The number of carboxylic acids is 1. The second kappa shape index (κ2) is 4.65. The van der Waals surface area contributed by atoms with E-state index in [1.54, 1.807) is 24.4 Å². The van der Waals surface area contributed by atoms with E-state index >= 15 is 0 Å². The zero-order chi connectivity index (χ0) is 14.1. The van der Waals surface area contributed by atoms with E-state index < -0.39 is 5.97 Å². The van der Waals surface area contributed by atoms with Gasteiger partial charge in [-0.25, -0.2) is 14.8 Å². The monoisotopic (exact) mass is 269 g/mol. The molecule has 20 heavy (non-hydrogen) atoms. The Morgan fingerprint density at radius 2 is 2.20 bits per heavy atom. The molecule has 0 aliphatic carbocycles. The molecule has 0 saturated carbocycles. The van der Waals surface area contributed by atoms with E-state index in [4.69, 9.17) is 9.84 Å². The Hall–Kier alpha value is -2.89. The Bertz CT molecular complexity index is 795. The van der Waals surface area contributed by atoms with Gasteiger partial charge >= 0.3 is 5.97 Å². The molecule has 2 heterocycles. The van der Waals surface area contributed by atoms with Crippen LogP contribution in [0.3, 0.4) is 0 Å². The smallest absolute Gasteiger partial charge is 0.335 e. The van der Waals surface area contributed by atoms with Crippen molar-refractivity contribution in [2.45, 2.75) is 0 Å². The molecule has 0 amide bonds. The third-order valence-electron chi connectivity index (χ3n) is 2.95. The van der Waals surface area contributed by atoms with Gasteiger partial charge in [-0.1, -0.05) is 0 Å². The molecule has 0 spiro atoms. The molecule has 0 saturated heterocycles. The third-order valence-corrected chi connectivity index (χ3v) is 2.95. The average Bonchev–Trinajstić information content (AvgIpc) is 2.89. The molecule has 0 radical (unpaired) electrons. The molecule has 2 aromatic heterocycles. The number of imidazole rings is 1. The number of aromatic amines is 1. The van der Waals surface area contributed by atoms with Crippen LogP contribution in [0, 0.1) is 0 Å². The number of pyridine rings is 1. The quantitative estimate of drug-likeness (QED) is 0.761. The van der Waals surface area contributed by atoms with Crippen LogP contribution in [-0.4, -0.2) is 33.1 Å². The predicted molar refractivity (Wildman–Crippen MR) is 72.8 cm³/mol. The van der Waals surface area contributed by atoms with Gasteiger partial charge in [0.1, 0.15) is 5.82 Å². The predicted octanol–water partition coefficient (Wildman–Crippen LogP) is 2.33. The van der Waals surface area contributed by atoms with Crippen molar-refractivity contribution >= 4 is 17.0 Å². The van der Waals surface area contributed by atoms with Gasteiger partial charge in [0.05, 0.1) is 29.3 Å². The van der Waals surface area contributed by atoms with Crippen LogP contribution in [0.15, 0.2) is 36.5 Å². The summed E-state index contributed by atoms with van der Waals surface area (Å²) in [7, 11) is 1.54. The van der Waals surface area contributed by atoms with Gasteiger partial charge in [0.15, 0.2) is 0 Å². The van der Waals surface area contributed by atoms with Gasteiger partial charge in [-0.3, -0.25) is 0 Å². The van der Waals surface area contributed by atoms with Crippen LogP contribution in [0.2, 0.25) is 0 Å². The van der Waals surface area contributed by atoms with Gasteiger partial charge in [-0.2, -0.15) is 0 Å². The maximum atomic E-state index is 11.0. The Balaban J connectivity index is 2.15. The molecule has 0 bridgehead atoms. The summed E-state index contributed by atoms with van der Waals surface area (Å²) in [4.78, 5) is 22.6. The summed E-state index contributed by atoms with van der Waals surface area (Å²) >= 11 is 0. The molecular weight excluding hydrogens is 258 g/mol. The Morgan fingerprint density at radius 1 is 1.35 bits per heavy atom. The van der Waals surface area contributed by atoms with Crippen LogP contribution in [0.5, 0.6) is 5.88 Å². The number of aromatic carboxylic acids is 1. The second-order valence-electron chi connectivity index (χ2n) is 4.18.